The molecule has 0 aliphatic carbocycles. The van der Waals surface area contributed by atoms with Crippen LogP contribution in [0.25, 0.3) is 0 Å². The van der Waals surface area contributed by atoms with Crippen LogP contribution in [0, 0.1) is 0 Å². The van der Waals surface area contributed by atoms with E-state index < -0.39 is 23.9 Å². The van der Waals surface area contributed by atoms with E-state index in [2.05, 4.69) is 9.72 Å². The summed E-state index contributed by atoms with van der Waals surface area (Å²) in [5.74, 6) is -0.587. The van der Waals surface area contributed by atoms with E-state index in [1.54, 1.807) is 0 Å². The number of aromatic nitrogens is 1. The second kappa shape index (κ2) is 4.48. The Bertz CT molecular complexity index is 375. The number of ether oxygens (including phenoxy) is 1. The number of carbonyl (C=O) groups is 1. The fourth-order valence-electron chi connectivity index (χ4n) is 0.948. The summed E-state index contributed by atoms with van der Waals surface area (Å²) in [5, 5.41) is 8.83. The molecule has 16 heavy (non-hydrogen) atoms. The van der Waals surface area contributed by atoms with Crippen molar-refractivity contribution in [1.82, 2.24) is 4.98 Å². The molecular formula is C9H8F3NO3. The summed E-state index contributed by atoms with van der Waals surface area (Å²) in [6, 6.07) is 2.06. The van der Waals surface area contributed by atoms with Gasteiger partial charge in [-0.25, -0.2) is 0 Å². The van der Waals surface area contributed by atoms with Gasteiger partial charge in [0.25, 0.3) is 0 Å². The average Bonchev–Trinajstić information content (AvgIpc) is 2.15. The lowest BCUT2D eigenvalue weighted by atomic mass is 10.2. The van der Waals surface area contributed by atoms with Crippen LogP contribution in [0.1, 0.15) is 18.7 Å². The van der Waals surface area contributed by atoms with Gasteiger partial charge in [0.1, 0.15) is 5.75 Å². The second-order valence-corrected chi connectivity index (χ2v) is 2.96. The van der Waals surface area contributed by atoms with Crippen LogP contribution in [0.5, 0.6) is 5.75 Å². The third kappa shape index (κ3) is 3.20. The average molecular weight is 235 g/mol. The Kier molecular flexibility index (Phi) is 3.48. The van der Waals surface area contributed by atoms with Gasteiger partial charge in [0.2, 0.25) is 0 Å². The molecule has 0 aliphatic rings. The Hall–Kier alpha value is -1.63. The lowest BCUT2D eigenvalue weighted by Crippen LogP contribution is -2.21. The highest BCUT2D eigenvalue weighted by molar-refractivity contribution is 5.69. The van der Waals surface area contributed by atoms with E-state index in [0.717, 1.165) is 25.3 Å². The summed E-state index contributed by atoms with van der Waals surface area (Å²) < 4.78 is 40.8. The SMILES string of the molecule is CC(=O)Oc1ccc(C(O)C(F)(F)F)nc1. The molecule has 0 spiro atoms. The summed E-state index contributed by atoms with van der Waals surface area (Å²) in [6.45, 7) is 1.15. The van der Waals surface area contributed by atoms with Crippen molar-refractivity contribution >= 4 is 5.97 Å². The molecular weight excluding hydrogens is 227 g/mol. The molecule has 0 fully saturated rings. The molecule has 0 amide bonds. The van der Waals surface area contributed by atoms with Crippen LogP contribution in [0.15, 0.2) is 18.3 Å². The minimum Gasteiger partial charge on any atom is -0.425 e. The maximum absolute atomic E-state index is 12.1. The number of carbonyl (C=O) groups excluding carboxylic acids is 1. The number of nitrogens with zero attached hydrogens (tertiary/aromatic N) is 1. The molecule has 1 N–H and O–H groups in total. The number of hydrogen-bond donors (Lipinski definition) is 1. The van der Waals surface area contributed by atoms with E-state index >= 15 is 0 Å². The molecule has 1 aromatic rings. The van der Waals surface area contributed by atoms with Gasteiger partial charge in [-0.2, -0.15) is 13.2 Å². The van der Waals surface area contributed by atoms with Crippen molar-refractivity contribution in [3.05, 3.63) is 24.0 Å². The number of alkyl halides is 3. The molecule has 1 heterocycles. The summed E-state index contributed by atoms with van der Waals surface area (Å²) in [7, 11) is 0. The highest BCUT2D eigenvalue weighted by Gasteiger charge is 2.40. The van der Waals surface area contributed by atoms with E-state index in [1.165, 1.54) is 0 Å². The first-order chi connectivity index (χ1) is 7.30. The van der Waals surface area contributed by atoms with Gasteiger partial charge in [-0.3, -0.25) is 9.78 Å². The van der Waals surface area contributed by atoms with Crippen LogP contribution < -0.4 is 4.74 Å². The lowest BCUT2D eigenvalue weighted by molar-refractivity contribution is -0.208. The van der Waals surface area contributed by atoms with Gasteiger partial charge in [0.05, 0.1) is 11.9 Å². The Balaban J connectivity index is 2.83. The van der Waals surface area contributed by atoms with Crippen LogP contribution in [0.2, 0.25) is 0 Å². The zero-order chi connectivity index (χ0) is 12.3. The smallest absolute Gasteiger partial charge is 0.420 e. The molecule has 7 heteroatoms. The molecule has 0 radical (unpaired) electrons. The minimum atomic E-state index is -4.77. The van der Waals surface area contributed by atoms with E-state index in [0.29, 0.717) is 0 Å². The molecule has 0 saturated carbocycles. The molecule has 4 nitrogen and oxygen atoms in total. The van der Waals surface area contributed by atoms with Crippen LogP contribution >= 0.6 is 0 Å². The maximum Gasteiger partial charge on any atom is 0.420 e. The number of esters is 1. The Morgan fingerprint density at radius 3 is 2.50 bits per heavy atom. The van der Waals surface area contributed by atoms with Crippen molar-refractivity contribution in [2.75, 3.05) is 0 Å². The van der Waals surface area contributed by atoms with E-state index in [-0.39, 0.29) is 5.75 Å². The number of aliphatic hydroxyl groups is 1. The van der Waals surface area contributed by atoms with E-state index in [9.17, 15) is 18.0 Å². The Labute approximate surface area is 88.7 Å². The van der Waals surface area contributed by atoms with Crippen molar-refractivity contribution < 1.29 is 27.8 Å². The Morgan fingerprint density at radius 1 is 1.50 bits per heavy atom. The van der Waals surface area contributed by atoms with Gasteiger partial charge in [-0.15, -0.1) is 0 Å². The molecule has 1 rings (SSSR count). The van der Waals surface area contributed by atoms with Gasteiger partial charge >= 0.3 is 12.1 Å². The molecule has 0 aromatic carbocycles. The standard InChI is InChI=1S/C9H8F3NO3/c1-5(14)16-6-2-3-7(13-4-6)8(15)9(10,11)12/h2-4,8,15H,1H3. The van der Waals surface area contributed by atoms with Crippen molar-refractivity contribution in [2.24, 2.45) is 0 Å². The number of halogens is 3. The highest BCUT2D eigenvalue weighted by atomic mass is 19.4. The lowest BCUT2D eigenvalue weighted by Gasteiger charge is -2.13. The van der Waals surface area contributed by atoms with Gasteiger partial charge in [0, 0.05) is 6.92 Å². The van der Waals surface area contributed by atoms with Gasteiger partial charge in [0.15, 0.2) is 6.10 Å². The number of hydrogen-bond acceptors (Lipinski definition) is 4. The predicted octanol–water partition coefficient (Wildman–Crippen LogP) is 1.60. The van der Waals surface area contributed by atoms with Crippen LogP contribution in [0.4, 0.5) is 13.2 Å². The molecule has 1 unspecified atom stereocenters. The number of rotatable bonds is 2. The van der Waals surface area contributed by atoms with Crippen LogP contribution in [0.3, 0.4) is 0 Å². The quantitative estimate of drug-likeness (QED) is 0.791. The van der Waals surface area contributed by atoms with Crippen molar-refractivity contribution in [3.8, 4) is 5.75 Å². The molecule has 0 bridgehead atoms. The fourth-order valence-corrected chi connectivity index (χ4v) is 0.948. The first-order valence-electron chi connectivity index (χ1n) is 4.20. The predicted molar refractivity (Wildman–Crippen MR) is 46.6 cm³/mol. The molecule has 1 atom stereocenters. The largest absolute Gasteiger partial charge is 0.425 e. The molecule has 1 aromatic heterocycles. The zero-order valence-electron chi connectivity index (χ0n) is 8.15. The van der Waals surface area contributed by atoms with Gasteiger partial charge in [-0.05, 0) is 12.1 Å². The third-order valence-electron chi connectivity index (χ3n) is 1.61. The van der Waals surface area contributed by atoms with Crippen LogP contribution in [-0.4, -0.2) is 22.2 Å². The van der Waals surface area contributed by atoms with Crippen molar-refractivity contribution in [3.63, 3.8) is 0 Å². The first kappa shape index (κ1) is 12.4. The highest BCUT2D eigenvalue weighted by Crippen LogP contribution is 2.31. The number of aliphatic hydroxyl groups excluding tert-OH is 1. The zero-order valence-corrected chi connectivity index (χ0v) is 8.15. The normalized spacial score (nSPS) is 13.3. The van der Waals surface area contributed by atoms with Crippen molar-refractivity contribution in [2.45, 2.75) is 19.2 Å². The second-order valence-electron chi connectivity index (χ2n) is 2.96. The summed E-state index contributed by atoms with van der Waals surface area (Å²) >= 11 is 0. The fraction of sp³-hybridized carbons (Fsp3) is 0.333. The first-order valence-corrected chi connectivity index (χ1v) is 4.20. The molecule has 0 saturated heterocycles. The Morgan fingerprint density at radius 2 is 2.12 bits per heavy atom. The molecule has 0 aliphatic heterocycles. The van der Waals surface area contributed by atoms with E-state index in [1.807, 2.05) is 0 Å². The van der Waals surface area contributed by atoms with Gasteiger partial charge < -0.3 is 9.84 Å². The van der Waals surface area contributed by atoms with Crippen molar-refractivity contribution in [1.29, 1.82) is 0 Å². The maximum atomic E-state index is 12.1. The van der Waals surface area contributed by atoms with Gasteiger partial charge in [-0.1, -0.05) is 0 Å². The molecule has 88 valence electrons. The third-order valence-corrected chi connectivity index (χ3v) is 1.61. The topological polar surface area (TPSA) is 59.4 Å². The summed E-state index contributed by atoms with van der Waals surface area (Å²) in [5.41, 5.74) is -0.552. The van der Waals surface area contributed by atoms with Crippen LogP contribution in [-0.2, 0) is 4.79 Å². The monoisotopic (exact) mass is 235 g/mol. The minimum absolute atomic E-state index is 0.0191. The van der Waals surface area contributed by atoms with E-state index in [4.69, 9.17) is 5.11 Å². The summed E-state index contributed by atoms with van der Waals surface area (Å²) in [6.07, 6.45) is -6.47. The summed E-state index contributed by atoms with van der Waals surface area (Å²) in [4.78, 5) is 13.9. The number of pyridine rings is 1.